The van der Waals surface area contributed by atoms with Crippen LogP contribution in [0, 0.1) is 22.7 Å². The SMILES string of the molecule is CC(C)C(C)C(C)(C)C(=N)N. The zero-order valence-corrected chi connectivity index (χ0v) is 8.23. The number of hydrogen-bond acceptors (Lipinski definition) is 1. The first-order chi connectivity index (χ1) is 4.80. The van der Waals surface area contributed by atoms with E-state index in [1.54, 1.807) is 0 Å². The highest BCUT2D eigenvalue weighted by Gasteiger charge is 2.30. The molecule has 0 saturated carbocycles. The topological polar surface area (TPSA) is 49.9 Å². The molecule has 2 nitrogen and oxygen atoms in total. The molecule has 0 heterocycles. The minimum absolute atomic E-state index is 0.159. The summed E-state index contributed by atoms with van der Waals surface area (Å²) in [6, 6.07) is 0. The molecule has 0 saturated heterocycles. The zero-order chi connectivity index (χ0) is 9.23. The first-order valence-electron chi connectivity index (χ1n) is 4.14. The van der Waals surface area contributed by atoms with E-state index in [-0.39, 0.29) is 5.41 Å². The van der Waals surface area contributed by atoms with Crippen molar-refractivity contribution in [2.45, 2.75) is 34.6 Å². The van der Waals surface area contributed by atoms with Crippen LogP contribution in [0.25, 0.3) is 0 Å². The lowest BCUT2D eigenvalue weighted by Gasteiger charge is -2.33. The summed E-state index contributed by atoms with van der Waals surface area (Å²) < 4.78 is 0. The van der Waals surface area contributed by atoms with E-state index in [0.717, 1.165) is 0 Å². The molecule has 11 heavy (non-hydrogen) atoms. The fourth-order valence-corrected chi connectivity index (χ4v) is 1.08. The molecule has 0 radical (unpaired) electrons. The lowest BCUT2D eigenvalue weighted by Crippen LogP contribution is -2.38. The zero-order valence-electron chi connectivity index (χ0n) is 8.23. The standard InChI is InChI=1S/C9H20N2/c1-6(2)7(3)9(4,5)8(10)11/h6-7H,1-5H3,(H3,10,11). The van der Waals surface area contributed by atoms with Crippen molar-refractivity contribution in [2.24, 2.45) is 23.0 Å². The number of nitrogens with two attached hydrogens (primary N) is 1. The highest BCUT2D eigenvalue weighted by Crippen LogP contribution is 2.31. The van der Waals surface area contributed by atoms with Gasteiger partial charge in [0, 0.05) is 5.41 Å². The highest BCUT2D eigenvalue weighted by atomic mass is 14.7. The molecular formula is C9H20N2. The maximum Gasteiger partial charge on any atom is 0.0965 e. The largest absolute Gasteiger partial charge is 0.387 e. The van der Waals surface area contributed by atoms with Gasteiger partial charge in [-0.2, -0.15) is 0 Å². The second-order valence-corrected chi connectivity index (χ2v) is 4.17. The summed E-state index contributed by atoms with van der Waals surface area (Å²) in [5.41, 5.74) is 5.33. The number of amidine groups is 1. The molecule has 0 aliphatic carbocycles. The second kappa shape index (κ2) is 3.24. The van der Waals surface area contributed by atoms with Crippen LogP contribution < -0.4 is 5.73 Å². The maximum absolute atomic E-state index is 7.40. The van der Waals surface area contributed by atoms with E-state index in [9.17, 15) is 0 Å². The number of hydrogen-bond donors (Lipinski definition) is 2. The van der Waals surface area contributed by atoms with E-state index in [4.69, 9.17) is 11.1 Å². The summed E-state index contributed by atoms with van der Waals surface area (Å²) in [7, 11) is 0. The van der Waals surface area contributed by atoms with Gasteiger partial charge < -0.3 is 5.73 Å². The van der Waals surface area contributed by atoms with Crippen LogP contribution in [0.1, 0.15) is 34.6 Å². The molecule has 0 aliphatic rings. The molecule has 0 aromatic carbocycles. The van der Waals surface area contributed by atoms with Crippen LogP contribution in [-0.4, -0.2) is 5.84 Å². The van der Waals surface area contributed by atoms with Crippen molar-refractivity contribution in [2.75, 3.05) is 0 Å². The average molecular weight is 156 g/mol. The summed E-state index contributed by atoms with van der Waals surface area (Å²) in [4.78, 5) is 0. The molecular weight excluding hydrogens is 136 g/mol. The quantitative estimate of drug-likeness (QED) is 0.478. The molecule has 66 valence electrons. The predicted octanol–water partition coefficient (Wildman–Crippen LogP) is 2.24. The van der Waals surface area contributed by atoms with Crippen LogP contribution in [0.5, 0.6) is 0 Å². The van der Waals surface area contributed by atoms with E-state index in [2.05, 4.69) is 20.8 Å². The van der Waals surface area contributed by atoms with Crippen molar-refractivity contribution in [3.05, 3.63) is 0 Å². The Morgan fingerprint density at radius 2 is 1.64 bits per heavy atom. The van der Waals surface area contributed by atoms with Gasteiger partial charge in [-0.05, 0) is 11.8 Å². The number of nitrogens with one attached hydrogen (secondary N) is 1. The van der Waals surface area contributed by atoms with Crippen LogP contribution in [0.4, 0.5) is 0 Å². The van der Waals surface area contributed by atoms with E-state index in [1.165, 1.54) is 0 Å². The van der Waals surface area contributed by atoms with Crippen LogP contribution >= 0.6 is 0 Å². The van der Waals surface area contributed by atoms with Gasteiger partial charge in [0.25, 0.3) is 0 Å². The average Bonchev–Trinajstić information content (AvgIpc) is 1.85. The van der Waals surface area contributed by atoms with Gasteiger partial charge in [0.05, 0.1) is 5.84 Å². The summed E-state index contributed by atoms with van der Waals surface area (Å²) in [6.45, 7) is 10.5. The third-order valence-electron chi connectivity index (χ3n) is 2.83. The van der Waals surface area contributed by atoms with E-state index < -0.39 is 0 Å². The fraction of sp³-hybridized carbons (Fsp3) is 0.889. The van der Waals surface area contributed by atoms with Crippen LogP contribution in [0.3, 0.4) is 0 Å². The van der Waals surface area contributed by atoms with Crippen molar-refractivity contribution in [3.63, 3.8) is 0 Å². The molecule has 0 amide bonds. The van der Waals surface area contributed by atoms with Gasteiger partial charge in [-0.15, -0.1) is 0 Å². The Balaban J connectivity index is 4.42. The molecule has 0 bridgehead atoms. The second-order valence-electron chi connectivity index (χ2n) is 4.17. The molecule has 0 aliphatic heterocycles. The van der Waals surface area contributed by atoms with Gasteiger partial charge in [-0.25, -0.2) is 0 Å². The summed E-state index contributed by atoms with van der Waals surface area (Å²) in [6.07, 6.45) is 0. The maximum atomic E-state index is 7.40. The minimum atomic E-state index is -0.159. The van der Waals surface area contributed by atoms with Gasteiger partial charge in [0.1, 0.15) is 0 Å². The Kier molecular flexibility index (Phi) is 3.09. The third kappa shape index (κ3) is 2.21. The highest BCUT2D eigenvalue weighted by molar-refractivity contribution is 5.83. The molecule has 1 unspecified atom stereocenters. The lowest BCUT2D eigenvalue weighted by molar-refractivity contribution is 0.253. The predicted molar refractivity (Wildman–Crippen MR) is 49.7 cm³/mol. The number of rotatable bonds is 3. The Morgan fingerprint density at radius 3 is 1.73 bits per heavy atom. The van der Waals surface area contributed by atoms with Gasteiger partial charge in [0.15, 0.2) is 0 Å². The van der Waals surface area contributed by atoms with E-state index >= 15 is 0 Å². The smallest absolute Gasteiger partial charge is 0.0965 e. The van der Waals surface area contributed by atoms with Gasteiger partial charge in [-0.1, -0.05) is 34.6 Å². The van der Waals surface area contributed by atoms with Crippen molar-refractivity contribution >= 4 is 5.84 Å². The van der Waals surface area contributed by atoms with Gasteiger partial charge >= 0.3 is 0 Å². The minimum Gasteiger partial charge on any atom is -0.387 e. The lowest BCUT2D eigenvalue weighted by atomic mass is 9.73. The molecule has 2 heteroatoms. The van der Waals surface area contributed by atoms with Gasteiger partial charge in [-0.3, -0.25) is 5.41 Å². The van der Waals surface area contributed by atoms with Crippen LogP contribution in [-0.2, 0) is 0 Å². The Hall–Kier alpha value is -0.530. The molecule has 0 aromatic heterocycles. The van der Waals surface area contributed by atoms with Crippen LogP contribution in [0.2, 0.25) is 0 Å². The Morgan fingerprint density at radius 1 is 1.27 bits per heavy atom. The molecule has 0 spiro atoms. The fourth-order valence-electron chi connectivity index (χ4n) is 1.08. The van der Waals surface area contributed by atoms with E-state index in [1.807, 2.05) is 13.8 Å². The van der Waals surface area contributed by atoms with Crippen molar-refractivity contribution in [1.82, 2.24) is 0 Å². The molecule has 3 N–H and O–H groups in total. The first-order valence-corrected chi connectivity index (χ1v) is 4.14. The van der Waals surface area contributed by atoms with Crippen LogP contribution in [0.15, 0.2) is 0 Å². The van der Waals surface area contributed by atoms with Crippen molar-refractivity contribution < 1.29 is 0 Å². The monoisotopic (exact) mass is 156 g/mol. The summed E-state index contributed by atoms with van der Waals surface area (Å²) in [5, 5.41) is 7.40. The summed E-state index contributed by atoms with van der Waals surface area (Å²) in [5.74, 6) is 1.33. The molecule has 0 rings (SSSR count). The molecule has 0 aromatic rings. The van der Waals surface area contributed by atoms with Crippen molar-refractivity contribution in [3.8, 4) is 0 Å². The molecule has 0 fully saturated rings. The van der Waals surface area contributed by atoms with Crippen molar-refractivity contribution in [1.29, 1.82) is 5.41 Å². The van der Waals surface area contributed by atoms with E-state index in [0.29, 0.717) is 17.7 Å². The summed E-state index contributed by atoms with van der Waals surface area (Å²) >= 11 is 0. The first kappa shape index (κ1) is 10.5. The third-order valence-corrected chi connectivity index (χ3v) is 2.83. The normalized spacial score (nSPS) is 15.1. The van der Waals surface area contributed by atoms with Gasteiger partial charge in [0.2, 0.25) is 0 Å². The molecule has 1 atom stereocenters. The Labute approximate surface area is 69.7 Å². The Bertz CT molecular complexity index is 148.